The fraction of sp³-hybridized carbons (Fsp3) is 0.600. The van der Waals surface area contributed by atoms with Crippen LogP contribution >= 0.6 is 11.6 Å². The van der Waals surface area contributed by atoms with Crippen LogP contribution in [0.1, 0.15) is 24.0 Å². The highest BCUT2D eigenvalue weighted by Crippen LogP contribution is 2.17. The minimum atomic E-state index is 0.826. The highest BCUT2D eigenvalue weighted by Gasteiger charge is 2.15. The zero-order valence-corrected chi connectivity index (χ0v) is 12.1. The Morgan fingerprint density at radius 2 is 2.06 bits per heavy atom. The van der Waals surface area contributed by atoms with E-state index in [1.165, 1.54) is 37.1 Å². The molecule has 1 aliphatic rings. The summed E-state index contributed by atoms with van der Waals surface area (Å²) < 4.78 is 0. The minimum Gasteiger partial charge on any atom is -0.312 e. The van der Waals surface area contributed by atoms with Crippen molar-refractivity contribution in [1.29, 1.82) is 0 Å². The Kier molecular flexibility index (Phi) is 5.04. The molecular formula is C15H23ClN2. The number of nitrogens with one attached hydrogen (secondary N) is 1. The third kappa shape index (κ3) is 3.98. The van der Waals surface area contributed by atoms with Crippen molar-refractivity contribution in [3.63, 3.8) is 0 Å². The lowest BCUT2D eigenvalue weighted by molar-refractivity contribution is 0.216. The molecule has 1 fully saturated rings. The first-order valence-electron chi connectivity index (χ1n) is 6.79. The molecule has 0 amide bonds. The molecule has 0 saturated carbocycles. The van der Waals surface area contributed by atoms with Crippen LogP contribution in [-0.4, -0.2) is 31.6 Å². The van der Waals surface area contributed by atoms with Crippen molar-refractivity contribution in [1.82, 2.24) is 10.2 Å². The molecule has 1 heterocycles. The smallest absolute Gasteiger partial charge is 0.0408 e. The number of nitrogens with zero attached hydrogens (tertiary/aromatic N) is 1. The molecular weight excluding hydrogens is 244 g/mol. The molecule has 0 spiro atoms. The quantitative estimate of drug-likeness (QED) is 0.901. The summed E-state index contributed by atoms with van der Waals surface area (Å²) in [5.41, 5.74) is 2.63. The normalized spacial score (nSPS) is 18.2. The van der Waals surface area contributed by atoms with Crippen LogP contribution in [0.2, 0.25) is 5.02 Å². The van der Waals surface area contributed by atoms with Crippen LogP contribution in [0.3, 0.4) is 0 Å². The van der Waals surface area contributed by atoms with Gasteiger partial charge in [0, 0.05) is 11.6 Å². The van der Waals surface area contributed by atoms with Crippen LogP contribution in [0.15, 0.2) is 18.2 Å². The van der Waals surface area contributed by atoms with Gasteiger partial charge in [-0.25, -0.2) is 0 Å². The number of likely N-dealkylation sites (tertiary alicyclic amines) is 1. The first-order chi connectivity index (χ1) is 8.65. The number of piperidine rings is 1. The third-order valence-electron chi connectivity index (χ3n) is 3.89. The zero-order valence-electron chi connectivity index (χ0n) is 11.4. The van der Waals surface area contributed by atoms with Gasteiger partial charge in [-0.15, -0.1) is 0 Å². The lowest BCUT2D eigenvalue weighted by Crippen LogP contribution is -2.34. The zero-order chi connectivity index (χ0) is 13.0. The molecule has 1 aliphatic heterocycles. The van der Waals surface area contributed by atoms with Gasteiger partial charge in [-0.3, -0.25) is 0 Å². The van der Waals surface area contributed by atoms with Gasteiger partial charge in [0.25, 0.3) is 0 Å². The summed E-state index contributed by atoms with van der Waals surface area (Å²) >= 11 is 5.96. The van der Waals surface area contributed by atoms with Gasteiger partial charge < -0.3 is 10.2 Å². The predicted molar refractivity (Wildman–Crippen MR) is 78.1 cm³/mol. The Hall–Kier alpha value is -0.570. The average molecular weight is 267 g/mol. The maximum Gasteiger partial charge on any atom is 0.0408 e. The summed E-state index contributed by atoms with van der Waals surface area (Å²) in [7, 11) is 2.21. The third-order valence-corrected chi connectivity index (χ3v) is 4.13. The van der Waals surface area contributed by atoms with Gasteiger partial charge >= 0.3 is 0 Å². The van der Waals surface area contributed by atoms with Crippen molar-refractivity contribution in [3.8, 4) is 0 Å². The Labute approximate surface area is 115 Å². The Bertz CT molecular complexity index is 384. The summed E-state index contributed by atoms with van der Waals surface area (Å²) in [6.07, 6.45) is 2.65. The van der Waals surface area contributed by atoms with E-state index in [2.05, 4.69) is 30.3 Å². The topological polar surface area (TPSA) is 15.3 Å². The van der Waals surface area contributed by atoms with Gasteiger partial charge in [0.2, 0.25) is 0 Å². The molecule has 0 aromatic heterocycles. The second kappa shape index (κ2) is 6.55. The van der Waals surface area contributed by atoms with Gasteiger partial charge in [-0.1, -0.05) is 17.7 Å². The van der Waals surface area contributed by atoms with Crippen LogP contribution in [0, 0.1) is 12.8 Å². The molecule has 0 aliphatic carbocycles. The molecule has 18 heavy (non-hydrogen) atoms. The highest BCUT2D eigenvalue weighted by molar-refractivity contribution is 6.30. The first kappa shape index (κ1) is 13.9. The second-order valence-electron chi connectivity index (χ2n) is 5.45. The lowest BCUT2D eigenvalue weighted by Gasteiger charge is -2.29. The van der Waals surface area contributed by atoms with E-state index in [0.29, 0.717) is 0 Å². The fourth-order valence-corrected chi connectivity index (χ4v) is 2.76. The number of hydrogen-bond acceptors (Lipinski definition) is 2. The summed E-state index contributed by atoms with van der Waals surface area (Å²) in [5, 5.41) is 4.41. The SMILES string of the molecule is Cc1cc(Cl)ccc1CNCC1CCN(C)CC1. The van der Waals surface area contributed by atoms with Gasteiger partial charge in [0.1, 0.15) is 0 Å². The van der Waals surface area contributed by atoms with Gasteiger partial charge in [-0.05, 0) is 75.6 Å². The second-order valence-corrected chi connectivity index (χ2v) is 5.88. The molecule has 1 aromatic carbocycles. The average Bonchev–Trinajstić information content (AvgIpc) is 2.34. The van der Waals surface area contributed by atoms with Crippen molar-refractivity contribution < 1.29 is 0 Å². The predicted octanol–water partition coefficient (Wildman–Crippen LogP) is 3.08. The van der Waals surface area contributed by atoms with Crippen molar-refractivity contribution in [2.75, 3.05) is 26.7 Å². The largest absolute Gasteiger partial charge is 0.312 e. The number of benzene rings is 1. The Balaban J connectivity index is 1.75. The first-order valence-corrected chi connectivity index (χ1v) is 7.17. The summed E-state index contributed by atoms with van der Waals surface area (Å²) in [6.45, 7) is 6.70. The molecule has 0 unspecified atom stereocenters. The molecule has 100 valence electrons. The summed E-state index contributed by atoms with van der Waals surface area (Å²) in [5.74, 6) is 0.841. The lowest BCUT2D eigenvalue weighted by atomic mass is 9.97. The van der Waals surface area contributed by atoms with Gasteiger partial charge in [-0.2, -0.15) is 0 Å². The molecule has 2 rings (SSSR count). The fourth-order valence-electron chi connectivity index (χ4n) is 2.53. The van der Waals surface area contributed by atoms with E-state index in [9.17, 15) is 0 Å². The number of rotatable bonds is 4. The van der Waals surface area contributed by atoms with E-state index in [1.807, 2.05) is 12.1 Å². The van der Waals surface area contributed by atoms with E-state index in [1.54, 1.807) is 0 Å². The Morgan fingerprint density at radius 3 is 2.72 bits per heavy atom. The molecule has 0 atom stereocenters. The van der Waals surface area contributed by atoms with E-state index >= 15 is 0 Å². The van der Waals surface area contributed by atoms with Crippen LogP contribution < -0.4 is 5.32 Å². The van der Waals surface area contributed by atoms with Crippen molar-refractivity contribution in [2.24, 2.45) is 5.92 Å². The maximum absolute atomic E-state index is 5.96. The van der Waals surface area contributed by atoms with E-state index < -0.39 is 0 Å². The maximum atomic E-state index is 5.96. The number of halogens is 1. The van der Waals surface area contributed by atoms with Crippen LogP contribution in [0.25, 0.3) is 0 Å². The van der Waals surface area contributed by atoms with Crippen LogP contribution in [0.5, 0.6) is 0 Å². The number of aryl methyl sites for hydroxylation is 1. The molecule has 1 N–H and O–H groups in total. The van der Waals surface area contributed by atoms with Crippen molar-refractivity contribution in [2.45, 2.75) is 26.3 Å². The number of hydrogen-bond donors (Lipinski definition) is 1. The minimum absolute atomic E-state index is 0.826. The molecule has 1 saturated heterocycles. The molecule has 3 heteroatoms. The molecule has 0 radical (unpaired) electrons. The summed E-state index contributed by atoms with van der Waals surface area (Å²) in [6, 6.07) is 6.13. The van der Waals surface area contributed by atoms with Gasteiger partial charge in [0.05, 0.1) is 0 Å². The van der Waals surface area contributed by atoms with E-state index in [4.69, 9.17) is 11.6 Å². The molecule has 2 nitrogen and oxygen atoms in total. The highest BCUT2D eigenvalue weighted by atomic mass is 35.5. The molecule has 0 bridgehead atoms. The van der Waals surface area contributed by atoms with Crippen LogP contribution in [-0.2, 0) is 6.54 Å². The van der Waals surface area contributed by atoms with Crippen molar-refractivity contribution >= 4 is 11.6 Å². The van der Waals surface area contributed by atoms with E-state index in [-0.39, 0.29) is 0 Å². The van der Waals surface area contributed by atoms with Gasteiger partial charge in [0.15, 0.2) is 0 Å². The van der Waals surface area contributed by atoms with Crippen molar-refractivity contribution in [3.05, 3.63) is 34.3 Å². The molecule has 1 aromatic rings. The summed E-state index contributed by atoms with van der Waals surface area (Å²) in [4.78, 5) is 2.42. The Morgan fingerprint density at radius 1 is 1.33 bits per heavy atom. The monoisotopic (exact) mass is 266 g/mol. The van der Waals surface area contributed by atoms with Crippen LogP contribution in [0.4, 0.5) is 0 Å². The van der Waals surface area contributed by atoms with E-state index in [0.717, 1.165) is 24.0 Å². The standard InChI is InChI=1S/C15H23ClN2/c1-12-9-15(16)4-3-14(12)11-17-10-13-5-7-18(2)8-6-13/h3-4,9,13,17H,5-8,10-11H2,1-2H3.